The number of rotatable bonds is 6. The Hall–Kier alpha value is -1.51. The van der Waals surface area contributed by atoms with Crippen LogP contribution in [0.15, 0.2) is 22.7 Å². The first kappa shape index (κ1) is 13.6. The van der Waals surface area contributed by atoms with Crippen LogP contribution in [0.25, 0.3) is 0 Å². The molecule has 0 unspecified atom stereocenters. The fraction of sp³-hybridized carbons (Fsp3) is 0.222. The molecular weight excluding hydrogens is 294 g/mol. The van der Waals surface area contributed by atoms with Crippen molar-refractivity contribution in [3.63, 3.8) is 0 Å². The van der Waals surface area contributed by atoms with Crippen LogP contribution in [0.4, 0.5) is 5.69 Å². The molecule has 1 amide bonds. The van der Waals surface area contributed by atoms with E-state index in [1.165, 1.54) is 12.1 Å². The van der Waals surface area contributed by atoms with Crippen LogP contribution < -0.4 is 11.2 Å². The molecule has 0 radical (unpaired) electrons. The molecule has 0 fully saturated rings. The highest BCUT2D eigenvalue weighted by molar-refractivity contribution is 9.10. The number of non-ortho nitro benzene ring substituents is 1. The van der Waals surface area contributed by atoms with Crippen molar-refractivity contribution in [1.29, 1.82) is 0 Å². The van der Waals surface area contributed by atoms with E-state index >= 15 is 0 Å². The molecule has 0 aliphatic carbocycles. The molecule has 1 rings (SSSR count). The molecule has 92 valence electrons. The Labute approximate surface area is 105 Å². The van der Waals surface area contributed by atoms with Crippen LogP contribution in [-0.4, -0.2) is 17.4 Å². The molecule has 17 heavy (non-hydrogen) atoms. The van der Waals surface area contributed by atoms with Gasteiger partial charge in [0.1, 0.15) is 6.61 Å². The average Bonchev–Trinajstić information content (AvgIpc) is 2.23. The van der Waals surface area contributed by atoms with Crippen molar-refractivity contribution >= 4 is 27.5 Å². The van der Waals surface area contributed by atoms with E-state index in [9.17, 15) is 14.9 Å². The van der Waals surface area contributed by atoms with Gasteiger partial charge < -0.3 is 5.73 Å². The normalized spacial score (nSPS) is 10.2. The lowest BCUT2D eigenvalue weighted by Gasteiger charge is -2.04. The van der Waals surface area contributed by atoms with E-state index in [0.717, 1.165) is 0 Å². The predicted molar refractivity (Wildman–Crippen MR) is 62.8 cm³/mol. The number of hydrogen-bond donors (Lipinski definition) is 2. The number of hydroxylamine groups is 1. The summed E-state index contributed by atoms with van der Waals surface area (Å²) in [4.78, 5) is 25.2. The van der Waals surface area contributed by atoms with Gasteiger partial charge in [0.05, 0.1) is 4.92 Å². The van der Waals surface area contributed by atoms with Gasteiger partial charge in [0, 0.05) is 23.2 Å². The Kier molecular flexibility index (Phi) is 5.01. The first-order chi connectivity index (χ1) is 7.99. The Bertz CT molecular complexity index is 438. The van der Waals surface area contributed by atoms with Gasteiger partial charge in [0.15, 0.2) is 0 Å². The number of hydrogen-bond acceptors (Lipinski definition) is 5. The van der Waals surface area contributed by atoms with Crippen LogP contribution in [0.5, 0.6) is 0 Å². The number of primary amides is 1. The number of nitro benzene ring substituents is 1. The molecule has 1 aromatic rings. The summed E-state index contributed by atoms with van der Waals surface area (Å²) >= 11 is 3.17. The van der Waals surface area contributed by atoms with Crippen molar-refractivity contribution in [3.8, 4) is 0 Å². The molecule has 0 heterocycles. The van der Waals surface area contributed by atoms with Crippen LogP contribution >= 0.6 is 15.9 Å². The number of carbonyl (C=O) groups excluding carboxylic acids is 1. The molecule has 0 saturated carbocycles. The first-order valence-electron chi connectivity index (χ1n) is 4.56. The number of carbonyl (C=O) groups is 1. The minimum atomic E-state index is -0.599. The second-order valence-electron chi connectivity index (χ2n) is 3.15. The summed E-state index contributed by atoms with van der Waals surface area (Å²) in [5.41, 5.74) is 7.97. The number of nitrogens with two attached hydrogens (primary N) is 1. The summed E-state index contributed by atoms with van der Waals surface area (Å²) in [7, 11) is 0. The molecular formula is C9H10BrN3O4. The average molecular weight is 304 g/mol. The van der Waals surface area contributed by atoms with Crippen LogP contribution in [0, 0.1) is 10.1 Å². The number of benzene rings is 1. The quantitative estimate of drug-likeness (QED) is 0.460. The van der Waals surface area contributed by atoms with Crippen LogP contribution in [0.1, 0.15) is 5.56 Å². The summed E-state index contributed by atoms with van der Waals surface area (Å²) in [5.74, 6) is -0.599. The van der Waals surface area contributed by atoms with Crippen molar-refractivity contribution in [3.05, 3.63) is 38.3 Å². The molecule has 0 aliphatic rings. The van der Waals surface area contributed by atoms with Crippen LogP contribution in [-0.2, 0) is 16.2 Å². The van der Waals surface area contributed by atoms with E-state index in [2.05, 4.69) is 21.4 Å². The summed E-state index contributed by atoms with van der Waals surface area (Å²) in [6.07, 6.45) is 0. The zero-order valence-electron chi connectivity index (χ0n) is 8.68. The van der Waals surface area contributed by atoms with Gasteiger partial charge in [0.25, 0.3) is 5.69 Å². The molecule has 0 aromatic heterocycles. The Morgan fingerprint density at radius 3 is 2.82 bits per heavy atom. The number of nitro groups is 1. The molecule has 7 nitrogen and oxygen atoms in total. The van der Waals surface area contributed by atoms with Gasteiger partial charge in [-0.1, -0.05) is 15.9 Å². The predicted octanol–water partition coefficient (Wildman–Crippen LogP) is 0.864. The summed E-state index contributed by atoms with van der Waals surface area (Å²) in [6, 6.07) is 4.51. The maximum Gasteiger partial charge on any atom is 0.270 e. The highest BCUT2D eigenvalue weighted by Gasteiger charge is 2.08. The van der Waals surface area contributed by atoms with E-state index in [0.29, 0.717) is 10.0 Å². The molecule has 0 atom stereocenters. The fourth-order valence-electron chi connectivity index (χ4n) is 1.10. The minimum absolute atomic E-state index is 0.0222. The number of nitrogens with one attached hydrogen (secondary N) is 1. The van der Waals surface area contributed by atoms with Gasteiger partial charge in [0.2, 0.25) is 5.91 Å². The number of amides is 1. The van der Waals surface area contributed by atoms with Gasteiger partial charge in [-0.05, 0) is 11.6 Å². The van der Waals surface area contributed by atoms with Crippen LogP contribution in [0.3, 0.4) is 0 Å². The second-order valence-corrected chi connectivity index (χ2v) is 4.07. The van der Waals surface area contributed by atoms with E-state index in [1.54, 1.807) is 6.07 Å². The highest BCUT2D eigenvalue weighted by Crippen LogP contribution is 2.21. The fourth-order valence-corrected chi connectivity index (χ4v) is 1.63. The Morgan fingerprint density at radius 1 is 1.53 bits per heavy atom. The molecule has 1 aromatic carbocycles. The monoisotopic (exact) mass is 303 g/mol. The first-order valence-corrected chi connectivity index (χ1v) is 5.35. The van der Waals surface area contributed by atoms with E-state index < -0.39 is 10.8 Å². The van der Waals surface area contributed by atoms with E-state index in [4.69, 9.17) is 10.6 Å². The van der Waals surface area contributed by atoms with Crippen molar-refractivity contribution < 1.29 is 14.6 Å². The third-order valence-electron chi connectivity index (χ3n) is 1.75. The zero-order chi connectivity index (χ0) is 12.8. The van der Waals surface area contributed by atoms with Crippen molar-refractivity contribution in [2.75, 3.05) is 6.61 Å². The zero-order valence-corrected chi connectivity index (χ0v) is 10.3. The third-order valence-corrected chi connectivity index (χ3v) is 2.20. The second kappa shape index (κ2) is 6.28. The number of nitrogens with zero attached hydrogens (tertiary/aromatic N) is 1. The molecule has 0 bridgehead atoms. The Morgan fingerprint density at radius 2 is 2.24 bits per heavy atom. The molecule has 0 spiro atoms. The maximum atomic E-state index is 10.6. The molecule has 3 N–H and O–H groups in total. The van der Waals surface area contributed by atoms with Crippen molar-refractivity contribution in [1.82, 2.24) is 5.48 Å². The van der Waals surface area contributed by atoms with E-state index in [-0.39, 0.29) is 18.8 Å². The summed E-state index contributed by atoms with van der Waals surface area (Å²) in [6.45, 7) is -0.0242. The van der Waals surface area contributed by atoms with Gasteiger partial charge in [-0.3, -0.25) is 19.7 Å². The largest absolute Gasteiger partial charge is 0.368 e. The topological polar surface area (TPSA) is 107 Å². The smallest absolute Gasteiger partial charge is 0.270 e. The van der Waals surface area contributed by atoms with Gasteiger partial charge >= 0.3 is 0 Å². The minimum Gasteiger partial charge on any atom is -0.368 e. The number of halogens is 1. The van der Waals surface area contributed by atoms with Crippen molar-refractivity contribution in [2.45, 2.75) is 6.54 Å². The highest BCUT2D eigenvalue weighted by atomic mass is 79.9. The molecule has 0 aliphatic heterocycles. The van der Waals surface area contributed by atoms with Gasteiger partial charge in [-0.15, -0.1) is 0 Å². The summed E-state index contributed by atoms with van der Waals surface area (Å²) in [5, 5.41) is 10.6. The lowest BCUT2D eigenvalue weighted by atomic mass is 10.2. The van der Waals surface area contributed by atoms with Crippen LogP contribution in [0.2, 0.25) is 0 Å². The van der Waals surface area contributed by atoms with Crippen molar-refractivity contribution in [2.24, 2.45) is 5.73 Å². The lowest BCUT2D eigenvalue weighted by molar-refractivity contribution is -0.385. The maximum absolute atomic E-state index is 10.6. The Balaban J connectivity index is 2.59. The van der Waals surface area contributed by atoms with E-state index in [1.807, 2.05) is 0 Å². The molecule has 0 saturated heterocycles. The van der Waals surface area contributed by atoms with Gasteiger partial charge in [-0.2, -0.15) is 5.48 Å². The summed E-state index contributed by atoms with van der Waals surface area (Å²) < 4.78 is 0.596. The SMILES string of the molecule is NC(=O)CONCc1cc(Br)cc([N+](=O)[O-])c1. The lowest BCUT2D eigenvalue weighted by Crippen LogP contribution is -2.24. The molecule has 8 heteroatoms. The standard InChI is InChI=1S/C9H10BrN3O4/c10-7-1-6(2-8(3-7)13(15)16)4-12-17-5-9(11)14/h1-3,12H,4-5H2,(H2,11,14). The van der Waals surface area contributed by atoms with Gasteiger partial charge in [-0.25, -0.2) is 0 Å². The third kappa shape index (κ3) is 4.89.